The summed E-state index contributed by atoms with van der Waals surface area (Å²) in [4.78, 5) is 13.5. The highest BCUT2D eigenvalue weighted by Gasteiger charge is 2.23. The Bertz CT molecular complexity index is 1100. The van der Waals surface area contributed by atoms with Gasteiger partial charge in [-0.3, -0.25) is 0 Å². The molecule has 2 heterocycles. The summed E-state index contributed by atoms with van der Waals surface area (Å²) >= 11 is 0. The number of nitrogen functional groups attached to an aromatic ring is 1. The second kappa shape index (κ2) is 9.21. The average Bonchev–Trinajstić information content (AvgIpc) is 2.82. The SMILES string of the molecule is COc1ccc(Nc2ncnc(N3CCN(c4cccc(C)c4C)CC3)c2N)c(OC)c1. The van der Waals surface area contributed by atoms with Crippen molar-refractivity contribution in [1.29, 1.82) is 0 Å². The molecule has 1 aromatic heterocycles. The zero-order valence-corrected chi connectivity index (χ0v) is 19.1. The lowest BCUT2D eigenvalue weighted by Crippen LogP contribution is -2.47. The number of aryl methyl sites for hydroxylation is 1. The smallest absolute Gasteiger partial charge is 0.159 e. The molecular formula is C24H30N6O2. The third kappa shape index (κ3) is 4.21. The highest BCUT2D eigenvalue weighted by Crippen LogP contribution is 2.35. The number of ether oxygens (including phenoxy) is 2. The molecule has 0 aliphatic carbocycles. The van der Waals surface area contributed by atoms with Gasteiger partial charge in [0.05, 0.1) is 19.9 Å². The van der Waals surface area contributed by atoms with Gasteiger partial charge in [0.2, 0.25) is 0 Å². The standard InChI is InChI=1S/C24H30N6O2/c1-16-6-5-7-20(17(16)2)29-10-12-30(13-11-29)24-22(25)23(26-15-27-24)28-19-9-8-18(31-3)14-21(19)32-4/h5-9,14-15H,10-13,25H2,1-4H3,(H,26,27,28). The van der Waals surface area contributed by atoms with Crippen LogP contribution in [0.25, 0.3) is 0 Å². The highest BCUT2D eigenvalue weighted by molar-refractivity contribution is 5.80. The Balaban J connectivity index is 1.51. The predicted octanol–water partition coefficient (Wildman–Crippen LogP) is 3.76. The monoisotopic (exact) mass is 434 g/mol. The molecule has 0 amide bonds. The van der Waals surface area contributed by atoms with E-state index in [9.17, 15) is 0 Å². The van der Waals surface area contributed by atoms with Gasteiger partial charge in [-0.15, -0.1) is 0 Å². The number of hydrogen-bond acceptors (Lipinski definition) is 8. The lowest BCUT2D eigenvalue weighted by Gasteiger charge is -2.38. The first-order chi connectivity index (χ1) is 15.5. The van der Waals surface area contributed by atoms with Crippen LogP contribution in [0.3, 0.4) is 0 Å². The number of anilines is 5. The van der Waals surface area contributed by atoms with E-state index in [4.69, 9.17) is 15.2 Å². The van der Waals surface area contributed by atoms with E-state index in [1.54, 1.807) is 20.5 Å². The summed E-state index contributed by atoms with van der Waals surface area (Å²) in [7, 11) is 3.24. The minimum Gasteiger partial charge on any atom is -0.497 e. The Morgan fingerprint density at radius 1 is 0.938 bits per heavy atom. The van der Waals surface area contributed by atoms with Crippen molar-refractivity contribution in [3.63, 3.8) is 0 Å². The molecular weight excluding hydrogens is 404 g/mol. The van der Waals surface area contributed by atoms with Crippen molar-refractivity contribution in [2.45, 2.75) is 13.8 Å². The number of hydrogen-bond donors (Lipinski definition) is 2. The second-order valence-electron chi connectivity index (χ2n) is 7.84. The highest BCUT2D eigenvalue weighted by atomic mass is 16.5. The number of nitrogens with one attached hydrogen (secondary N) is 1. The maximum Gasteiger partial charge on any atom is 0.159 e. The first-order valence-corrected chi connectivity index (χ1v) is 10.7. The van der Waals surface area contributed by atoms with Gasteiger partial charge in [-0.05, 0) is 43.2 Å². The van der Waals surface area contributed by atoms with Gasteiger partial charge in [0, 0.05) is 37.9 Å². The van der Waals surface area contributed by atoms with Crippen LogP contribution in [0.5, 0.6) is 11.5 Å². The molecule has 0 saturated carbocycles. The predicted molar refractivity (Wildman–Crippen MR) is 130 cm³/mol. The zero-order chi connectivity index (χ0) is 22.7. The Morgan fingerprint density at radius 2 is 1.69 bits per heavy atom. The Labute approximate surface area is 189 Å². The van der Waals surface area contributed by atoms with Gasteiger partial charge >= 0.3 is 0 Å². The molecule has 168 valence electrons. The minimum atomic E-state index is 0.519. The zero-order valence-electron chi connectivity index (χ0n) is 19.1. The summed E-state index contributed by atoms with van der Waals surface area (Å²) in [5.41, 5.74) is 11.7. The Morgan fingerprint density at radius 3 is 2.41 bits per heavy atom. The van der Waals surface area contributed by atoms with Crippen LogP contribution < -0.4 is 30.3 Å². The summed E-state index contributed by atoms with van der Waals surface area (Å²) in [6.45, 7) is 7.82. The van der Waals surface area contributed by atoms with E-state index in [-0.39, 0.29) is 0 Å². The summed E-state index contributed by atoms with van der Waals surface area (Å²) in [6.07, 6.45) is 1.54. The van der Waals surface area contributed by atoms with E-state index in [0.29, 0.717) is 23.0 Å². The fourth-order valence-corrected chi connectivity index (χ4v) is 4.00. The average molecular weight is 435 g/mol. The number of benzene rings is 2. The summed E-state index contributed by atoms with van der Waals surface area (Å²) in [5, 5.41) is 3.28. The van der Waals surface area contributed by atoms with Gasteiger partial charge in [-0.1, -0.05) is 12.1 Å². The quantitative estimate of drug-likeness (QED) is 0.606. The van der Waals surface area contributed by atoms with Crippen LogP contribution in [0.2, 0.25) is 0 Å². The van der Waals surface area contributed by atoms with Crippen LogP contribution in [0.1, 0.15) is 11.1 Å². The van der Waals surface area contributed by atoms with Crippen LogP contribution in [0.15, 0.2) is 42.7 Å². The summed E-state index contributed by atoms with van der Waals surface area (Å²) in [6, 6.07) is 12.0. The van der Waals surface area contributed by atoms with Gasteiger partial charge in [-0.2, -0.15) is 0 Å². The molecule has 8 nitrogen and oxygen atoms in total. The molecule has 0 atom stereocenters. The first kappa shape index (κ1) is 21.5. The number of nitrogens with zero attached hydrogens (tertiary/aromatic N) is 4. The van der Waals surface area contributed by atoms with Crippen LogP contribution in [-0.2, 0) is 0 Å². The van der Waals surface area contributed by atoms with Crippen LogP contribution in [0, 0.1) is 13.8 Å². The van der Waals surface area contributed by atoms with E-state index in [1.807, 2.05) is 18.2 Å². The Hall–Kier alpha value is -3.68. The lowest BCUT2D eigenvalue weighted by molar-refractivity contribution is 0.395. The third-order valence-corrected chi connectivity index (χ3v) is 6.02. The molecule has 0 radical (unpaired) electrons. The summed E-state index contributed by atoms with van der Waals surface area (Å²) < 4.78 is 10.7. The molecule has 0 unspecified atom stereocenters. The second-order valence-corrected chi connectivity index (χ2v) is 7.84. The molecule has 2 aromatic carbocycles. The molecule has 3 N–H and O–H groups in total. The number of nitrogens with two attached hydrogens (primary N) is 1. The van der Waals surface area contributed by atoms with Gasteiger partial charge < -0.3 is 30.3 Å². The minimum absolute atomic E-state index is 0.519. The number of aromatic nitrogens is 2. The number of rotatable bonds is 6. The maximum absolute atomic E-state index is 6.49. The van der Waals surface area contributed by atoms with Gasteiger partial charge in [-0.25, -0.2) is 9.97 Å². The summed E-state index contributed by atoms with van der Waals surface area (Å²) in [5.74, 6) is 2.66. The molecule has 1 fully saturated rings. The third-order valence-electron chi connectivity index (χ3n) is 6.02. The molecule has 8 heteroatoms. The largest absolute Gasteiger partial charge is 0.497 e. The fourth-order valence-electron chi connectivity index (χ4n) is 4.00. The number of methoxy groups -OCH3 is 2. The molecule has 1 aliphatic rings. The van der Waals surface area contributed by atoms with Gasteiger partial charge in [0.25, 0.3) is 0 Å². The lowest BCUT2D eigenvalue weighted by atomic mass is 10.1. The van der Waals surface area contributed by atoms with Crippen molar-refractivity contribution in [3.05, 3.63) is 53.9 Å². The van der Waals surface area contributed by atoms with Gasteiger partial charge in [0.1, 0.15) is 23.5 Å². The molecule has 1 saturated heterocycles. The van der Waals surface area contributed by atoms with Crippen molar-refractivity contribution in [1.82, 2.24) is 9.97 Å². The van der Waals surface area contributed by atoms with Gasteiger partial charge in [0.15, 0.2) is 11.6 Å². The van der Waals surface area contributed by atoms with Crippen LogP contribution >= 0.6 is 0 Å². The Kier molecular flexibility index (Phi) is 6.20. The first-order valence-electron chi connectivity index (χ1n) is 10.7. The van der Waals surface area contributed by atoms with E-state index in [2.05, 4.69) is 57.1 Å². The van der Waals surface area contributed by atoms with E-state index < -0.39 is 0 Å². The van der Waals surface area contributed by atoms with E-state index in [1.165, 1.54) is 16.8 Å². The molecule has 1 aliphatic heterocycles. The molecule has 3 aromatic rings. The van der Waals surface area contributed by atoms with Crippen molar-refractivity contribution < 1.29 is 9.47 Å². The van der Waals surface area contributed by atoms with E-state index in [0.717, 1.165) is 37.7 Å². The molecule has 4 rings (SSSR count). The maximum atomic E-state index is 6.49. The molecule has 0 bridgehead atoms. The van der Waals surface area contributed by atoms with E-state index >= 15 is 0 Å². The van der Waals surface area contributed by atoms with Crippen molar-refractivity contribution >= 4 is 28.7 Å². The van der Waals surface area contributed by atoms with Crippen molar-refractivity contribution in [2.24, 2.45) is 0 Å². The van der Waals surface area contributed by atoms with Crippen molar-refractivity contribution in [2.75, 3.05) is 61.2 Å². The fraction of sp³-hybridized carbons (Fsp3) is 0.333. The molecule has 0 spiro atoms. The normalized spacial score (nSPS) is 13.8. The van der Waals surface area contributed by atoms with Crippen LogP contribution in [-0.4, -0.2) is 50.4 Å². The topological polar surface area (TPSA) is 88.8 Å². The van der Waals surface area contributed by atoms with Crippen LogP contribution in [0.4, 0.5) is 28.7 Å². The van der Waals surface area contributed by atoms with Crippen molar-refractivity contribution in [3.8, 4) is 11.5 Å². The molecule has 32 heavy (non-hydrogen) atoms. The number of piperazine rings is 1.